The average molecular weight is 668 g/mol. The van der Waals surface area contributed by atoms with Crippen molar-refractivity contribution >= 4 is 91.8 Å². The van der Waals surface area contributed by atoms with Crippen molar-refractivity contribution in [3.05, 3.63) is 163 Å². The SMILES string of the molecule is [C-]#[N+]c1ccc2c(c1)c1cc(-c3ccc(-c4nc5c(ccc6c7ccccc7sc65)c5oc6ccccc6c45)cc3)ccc1n2-c1ccccc1. The van der Waals surface area contributed by atoms with Crippen molar-refractivity contribution in [2.75, 3.05) is 0 Å². The van der Waals surface area contributed by atoms with Gasteiger partial charge in [0.2, 0.25) is 0 Å². The number of benzene rings is 7. The van der Waals surface area contributed by atoms with Crippen molar-refractivity contribution in [3.8, 4) is 28.1 Å². The van der Waals surface area contributed by atoms with Gasteiger partial charge >= 0.3 is 0 Å². The van der Waals surface area contributed by atoms with E-state index in [0.717, 1.165) is 82.7 Å². The minimum Gasteiger partial charge on any atom is -0.455 e. The molecule has 0 aliphatic rings. The molecule has 0 aliphatic carbocycles. The Morgan fingerprint density at radius 2 is 1.25 bits per heavy atom. The molecule has 0 saturated heterocycles. The lowest BCUT2D eigenvalue weighted by molar-refractivity contribution is 0.672. The van der Waals surface area contributed by atoms with Crippen LogP contribution in [0, 0.1) is 6.57 Å². The van der Waals surface area contributed by atoms with Crippen molar-refractivity contribution in [2.45, 2.75) is 0 Å². The van der Waals surface area contributed by atoms with Gasteiger partial charge < -0.3 is 8.98 Å². The molecule has 0 N–H and O–H groups in total. The van der Waals surface area contributed by atoms with Gasteiger partial charge in [-0.25, -0.2) is 9.83 Å². The van der Waals surface area contributed by atoms with E-state index in [-0.39, 0.29) is 0 Å². The second-order valence-corrected chi connectivity index (χ2v) is 14.0. The first-order valence-electron chi connectivity index (χ1n) is 16.9. The summed E-state index contributed by atoms with van der Waals surface area (Å²) in [6, 6.07) is 53.0. The Morgan fingerprint density at radius 3 is 2.10 bits per heavy atom. The summed E-state index contributed by atoms with van der Waals surface area (Å²) in [6.45, 7) is 7.67. The van der Waals surface area contributed by atoms with Gasteiger partial charge in [-0.05, 0) is 71.1 Å². The molecule has 0 bridgehead atoms. The lowest BCUT2D eigenvalue weighted by Gasteiger charge is -2.10. The predicted molar refractivity (Wildman–Crippen MR) is 213 cm³/mol. The Kier molecular flexibility index (Phi) is 5.86. The van der Waals surface area contributed by atoms with Gasteiger partial charge in [-0.2, -0.15) is 0 Å². The molecule has 0 spiro atoms. The Hall–Kier alpha value is -6.74. The Morgan fingerprint density at radius 1 is 0.569 bits per heavy atom. The number of fused-ring (bicyclic) bond motifs is 12. The smallest absolute Gasteiger partial charge is 0.188 e. The molecule has 4 heterocycles. The number of para-hydroxylation sites is 2. The van der Waals surface area contributed by atoms with Crippen LogP contribution in [0.1, 0.15) is 0 Å². The molecule has 11 aromatic rings. The Balaban J connectivity index is 1.11. The number of hydrogen-bond donors (Lipinski definition) is 0. The lowest BCUT2D eigenvalue weighted by atomic mass is 9.98. The first kappa shape index (κ1) is 28.1. The van der Waals surface area contributed by atoms with Gasteiger partial charge in [0.1, 0.15) is 11.2 Å². The third-order valence-corrected chi connectivity index (χ3v) is 11.4. The molecule has 0 radical (unpaired) electrons. The second kappa shape index (κ2) is 10.6. The zero-order chi connectivity index (χ0) is 33.6. The van der Waals surface area contributed by atoms with Gasteiger partial charge in [-0.3, -0.25) is 0 Å². The molecule has 51 heavy (non-hydrogen) atoms. The molecule has 7 aromatic carbocycles. The molecule has 4 aromatic heterocycles. The van der Waals surface area contributed by atoms with Gasteiger partial charge in [0.15, 0.2) is 5.69 Å². The largest absolute Gasteiger partial charge is 0.455 e. The van der Waals surface area contributed by atoms with Crippen molar-refractivity contribution in [1.29, 1.82) is 0 Å². The summed E-state index contributed by atoms with van der Waals surface area (Å²) < 4.78 is 11.3. The molecule has 236 valence electrons. The summed E-state index contributed by atoms with van der Waals surface area (Å²) in [4.78, 5) is 9.21. The number of pyridine rings is 1. The zero-order valence-corrected chi connectivity index (χ0v) is 27.9. The zero-order valence-electron chi connectivity index (χ0n) is 27.1. The van der Waals surface area contributed by atoms with Crippen LogP contribution in [-0.4, -0.2) is 9.55 Å². The second-order valence-electron chi connectivity index (χ2n) is 13.0. The number of furan rings is 1. The average Bonchev–Trinajstić information content (AvgIpc) is 3.87. The van der Waals surface area contributed by atoms with E-state index in [0.29, 0.717) is 5.69 Å². The highest BCUT2D eigenvalue weighted by Crippen LogP contribution is 2.45. The van der Waals surface area contributed by atoms with E-state index in [2.05, 4.69) is 131 Å². The van der Waals surface area contributed by atoms with E-state index >= 15 is 0 Å². The van der Waals surface area contributed by atoms with Crippen molar-refractivity contribution in [3.63, 3.8) is 0 Å². The van der Waals surface area contributed by atoms with Crippen molar-refractivity contribution in [1.82, 2.24) is 9.55 Å². The monoisotopic (exact) mass is 667 g/mol. The van der Waals surface area contributed by atoms with Gasteiger partial charge in [0, 0.05) is 42.9 Å². The summed E-state index contributed by atoms with van der Waals surface area (Å²) in [6.07, 6.45) is 0. The fourth-order valence-electron chi connectivity index (χ4n) is 7.85. The van der Waals surface area contributed by atoms with Crippen LogP contribution in [0.25, 0.3) is 108 Å². The van der Waals surface area contributed by atoms with E-state index in [1.54, 1.807) is 11.3 Å². The molecule has 0 aliphatic heterocycles. The van der Waals surface area contributed by atoms with Gasteiger partial charge in [-0.15, -0.1) is 11.3 Å². The topological polar surface area (TPSA) is 35.3 Å². The number of thiophene rings is 1. The van der Waals surface area contributed by atoms with Gasteiger partial charge in [0.25, 0.3) is 0 Å². The van der Waals surface area contributed by atoms with E-state index < -0.39 is 0 Å². The van der Waals surface area contributed by atoms with E-state index in [4.69, 9.17) is 16.0 Å². The highest BCUT2D eigenvalue weighted by Gasteiger charge is 2.21. The molecule has 4 nitrogen and oxygen atoms in total. The fraction of sp³-hybridized carbons (Fsp3) is 0. The maximum atomic E-state index is 7.67. The molecule has 0 saturated carbocycles. The standard InChI is InChI=1S/C46H25N3OS/c1-47-30-20-24-39-37(26-30)36-25-29(19-23-38(36)49(39)31-9-3-2-4-10-31)27-15-17-28(18-16-27)43-42-34-12-5-7-13-40(34)50-45(42)35-22-21-33-32-11-6-8-14-41(32)51-46(33)44(35)48-43/h2-26H. The summed E-state index contributed by atoms with van der Waals surface area (Å²) >= 11 is 1.79. The molecular formula is C46H25N3OS. The van der Waals surface area contributed by atoms with E-state index in [1.807, 2.05) is 30.3 Å². The molecule has 0 unspecified atom stereocenters. The predicted octanol–water partition coefficient (Wildman–Crippen LogP) is 13.5. The Bertz CT molecular complexity index is 3250. The molecule has 0 fully saturated rings. The normalized spacial score (nSPS) is 11.9. The Labute approximate surface area is 295 Å². The number of nitrogens with zero attached hydrogens (tertiary/aromatic N) is 3. The molecule has 0 amide bonds. The van der Waals surface area contributed by atoms with Crippen LogP contribution < -0.4 is 0 Å². The summed E-state index contributed by atoms with van der Waals surface area (Å²) in [5.41, 5.74) is 10.8. The highest BCUT2D eigenvalue weighted by molar-refractivity contribution is 7.26. The van der Waals surface area contributed by atoms with Crippen LogP contribution in [0.5, 0.6) is 0 Å². The first-order chi connectivity index (χ1) is 25.2. The van der Waals surface area contributed by atoms with Crippen LogP contribution in [0.2, 0.25) is 0 Å². The van der Waals surface area contributed by atoms with Crippen LogP contribution in [-0.2, 0) is 0 Å². The van der Waals surface area contributed by atoms with Crippen LogP contribution in [0.3, 0.4) is 0 Å². The van der Waals surface area contributed by atoms with Crippen LogP contribution in [0.4, 0.5) is 5.69 Å². The summed E-state index contributed by atoms with van der Waals surface area (Å²) in [5.74, 6) is 0. The quantitative estimate of drug-likeness (QED) is 0.176. The van der Waals surface area contributed by atoms with Crippen molar-refractivity contribution in [2.24, 2.45) is 0 Å². The molecular weight excluding hydrogens is 643 g/mol. The lowest BCUT2D eigenvalue weighted by Crippen LogP contribution is -1.92. The van der Waals surface area contributed by atoms with Crippen LogP contribution >= 0.6 is 11.3 Å². The number of hydrogen-bond acceptors (Lipinski definition) is 3. The van der Waals surface area contributed by atoms with Crippen molar-refractivity contribution < 1.29 is 4.42 Å². The molecule has 0 atom stereocenters. The van der Waals surface area contributed by atoms with Gasteiger partial charge in [0.05, 0.1) is 38.9 Å². The first-order valence-corrected chi connectivity index (χ1v) is 17.7. The fourth-order valence-corrected chi connectivity index (χ4v) is 9.05. The third-order valence-electron chi connectivity index (χ3n) is 10.2. The maximum Gasteiger partial charge on any atom is 0.188 e. The number of aromatic nitrogens is 2. The maximum absolute atomic E-state index is 7.67. The number of rotatable bonds is 3. The minimum atomic E-state index is 0.637. The van der Waals surface area contributed by atoms with Crippen LogP contribution in [0.15, 0.2) is 156 Å². The van der Waals surface area contributed by atoms with E-state index in [1.165, 1.54) is 20.2 Å². The van der Waals surface area contributed by atoms with Gasteiger partial charge in [-0.1, -0.05) is 97.1 Å². The third kappa shape index (κ3) is 4.09. The highest BCUT2D eigenvalue weighted by atomic mass is 32.1. The summed E-state index contributed by atoms with van der Waals surface area (Å²) in [7, 11) is 0. The summed E-state index contributed by atoms with van der Waals surface area (Å²) in [5, 5.41) is 7.81. The molecule has 11 rings (SSSR count). The minimum absolute atomic E-state index is 0.637. The van der Waals surface area contributed by atoms with E-state index in [9.17, 15) is 0 Å². The molecule has 5 heteroatoms.